The number of aryl methyl sites for hydroxylation is 1. The summed E-state index contributed by atoms with van der Waals surface area (Å²) in [6.45, 7) is 3.29. The number of nitrogens with one attached hydrogen (secondary N) is 2. The van der Waals surface area contributed by atoms with Crippen molar-refractivity contribution in [2.24, 2.45) is 5.73 Å². The third-order valence-corrected chi connectivity index (χ3v) is 9.35. The number of halogens is 3. The van der Waals surface area contributed by atoms with Crippen molar-refractivity contribution < 1.29 is 36.0 Å². The van der Waals surface area contributed by atoms with Crippen molar-refractivity contribution in [3.05, 3.63) is 119 Å². The number of hydrogen-bond donors (Lipinski definition) is 3. The van der Waals surface area contributed by atoms with E-state index in [1.54, 1.807) is 68.4 Å². The standard InChI is InChI=1S/C36H35F3N4O5S/c1-35(2,40)21-32(44)41-29-18-16-26-20-27(36(37,38)39)17-19-30(26)43(34(29)46)22-23-12-14-24(15-13-23)28-10-6-7-11-31(28)49(47,48)42-33(45)25-8-4-3-5-9-25/h3-15,17,19-20,29H,16,18,21-22,40H2,1-2H3,(H,41,44)(H,42,45)/t29-/m1/s1. The normalized spacial score (nSPS) is 15.3. The lowest BCUT2D eigenvalue weighted by Gasteiger charge is -2.27. The Hall–Kier alpha value is -5.01. The van der Waals surface area contributed by atoms with E-state index in [0.29, 0.717) is 27.9 Å². The van der Waals surface area contributed by atoms with Gasteiger partial charge in [0, 0.05) is 28.8 Å². The Labute approximate surface area is 282 Å². The highest BCUT2D eigenvalue weighted by molar-refractivity contribution is 7.90. The van der Waals surface area contributed by atoms with E-state index in [-0.39, 0.29) is 36.3 Å². The molecule has 49 heavy (non-hydrogen) atoms. The highest BCUT2D eigenvalue weighted by atomic mass is 32.2. The zero-order chi connectivity index (χ0) is 35.6. The molecule has 4 aromatic carbocycles. The average Bonchev–Trinajstić information content (AvgIpc) is 3.16. The van der Waals surface area contributed by atoms with Crippen molar-refractivity contribution in [3.63, 3.8) is 0 Å². The molecule has 5 rings (SSSR count). The summed E-state index contributed by atoms with van der Waals surface area (Å²) in [5.41, 5.74) is 6.50. The van der Waals surface area contributed by atoms with E-state index in [4.69, 9.17) is 5.73 Å². The average molecular weight is 693 g/mol. The lowest BCUT2D eigenvalue weighted by molar-refractivity contribution is -0.137. The number of alkyl halides is 3. The number of anilines is 1. The molecule has 1 aliphatic heterocycles. The van der Waals surface area contributed by atoms with Crippen LogP contribution >= 0.6 is 0 Å². The maximum Gasteiger partial charge on any atom is 0.416 e. The summed E-state index contributed by atoms with van der Waals surface area (Å²) in [5, 5.41) is 2.72. The molecule has 0 aromatic heterocycles. The molecule has 0 radical (unpaired) electrons. The fraction of sp³-hybridized carbons (Fsp3) is 0.250. The first kappa shape index (κ1) is 35.3. The van der Waals surface area contributed by atoms with Gasteiger partial charge >= 0.3 is 6.18 Å². The highest BCUT2D eigenvalue weighted by Crippen LogP contribution is 2.36. The molecule has 4 aromatic rings. The van der Waals surface area contributed by atoms with Crippen LogP contribution in [0.15, 0.2) is 102 Å². The Bertz CT molecular complexity index is 1980. The number of carbonyl (C=O) groups is 3. The Morgan fingerprint density at radius 2 is 1.57 bits per heavy atom. The molecular formula is C36H35F3N4O5S. The number of fused-ring (bicyclic) bond motifs is 1. The summed E-state index contributed by atoms with van der Waals surface area (Å²) in [5.74, 6) is -1.72. The van der Waals surface area contributed by atoms with E-state index in [1.807, 2.05) is 0 Å². The van der Waals surface area contributed by atoms with E-state index in [2.05, 4.69) is 10.0 Å². The molecule has 0 saturated heterocycles. The molecular weight excluding hydrogens is 657 g/mol. The van der Waals surface area contributed by atoms with Crippen LogP contribution in [-0.4, -0.2) is 37.7 Å². The molecule has 13 heteroatoms. The molecule has 1 heterocycles. The number of benzene rings is 4. The monoisotopic (exact) mass is 692 g/mol. The van der Waals surface area contributed by atoms with Crippen LogP contribution in [0.2, 0.25) is 0 Å². The molecule has 9 nitrogen and oxygen atoms in total. The van der Waals surface area contributed by atoms with Crippen molar-refractivity contribution in [2.45, 2.75) is 62.3 Å². The predicted molar refractivity (Wildman–Crippen MR) is 179 cm³/mol. The Kier molecular flexibility index (Phi) is 9.97. The van der Waals surface area contributed by atoms with Gasteiger partial charge in [0.05, 0.1) is 17.0 Å². The molecule has 0 saturated carbocycles. The van der Waals surface area contributed by atoms with E-state index >= 15 is 0 Å². The summed E-state index contributed by atoms with van der Waals surface area (Å²) in [4.78, 5) is 40.5. The summed E-state index contributed by atoms with van der Waals surface area (Å²) >= 11 is 0. The summed E-state index contributed by atoms with van der Waals surface area (Å²) < 4.78 is 69.5. The number of amides is 3. The highest BCUT2D eigenvalue weighted by Gasteiger charge is 2.36. The topological polar surface area (TPSA) is 139 Å². The summed E-state index contributed by atoms with van der Waals surface area (Å²) in [7, 11) is -4.28. The van der Waals surface area contributed by atoms with Gasteiger partial charge in [0.25, 0.3) is 15.9 Å². The minimum absolute atomic E-state index is 0.0424. The van der Waals surface area contributed by atoms with Crippen LogP contribution in [0.25, 0.3) is 11.1 Å². The van der Waals surface area contributed by atoms with Gasteiger partial charge in [-0.15, -0.1) is 0 Å². The van der Waals surface area contributed by atoms with Gasteiger partial charge in [0.1, 0.15) is 6.04 Å². The van der Waals surface area contributed by atoms with Crippen molar-refractivity contribution in [1.82, 2.24) is 10.0 Å². The molecule has 1 aliphatic rings. The number of sulfonamides is 1. The van der Waals surface area contributed by atoms with E-state index in [0.717, 1.165) is 12.1 Å². The molecule has 0 bridgehead atoms. The van der Waals surface area contributed by atoms with E-state index in [1.165, 1.54) is 35.2 Å². The Morgan fingerprint density at radius 3 is 2.22 bits per heavy atom. The maximum absolute atomic E-state index is 13.9. The van der Waals surface area contributed by atoms with Crippen molar-refractivity contribution in [3.8, 4) is 11.1 Å². The van der Waals surface area contributed by atoms with E-state index in [9.17, 15) is 36.0 Å². The molecule has 0 fully saturated rings. The van der Waals surface area contributed by atoms with Crippen LogP contribution in [0.4, 0.5) is 18.9 Å². The number of rotatable bonds is 9. The predicted octanol–water partition coefficient (Wildman–Crippen LogP) is 5.58. The second-order valence-corrected chi connectivity index (χ2v) is 14.2. The largest absolute Gasteiger partial charge is 0.416 e. The van der Waals surface area contributed by atoms with Crippen LogP contribution in [0.5, 0.6) is 0 Å². The van der Waals surface area contributed by atoms with Crippen LogP contribution in [0.1, 0.15) is 53.7 Å². The quantitative estimate of drug-likeness (QED) is 0.209. The van der Waals surface area contributed by atoms with Gasteiger partial charge in [-0.2, -0.15) is 13.2 Å². The third kappa shape index (κ3) is 8.54. The summed E-state index contributed by atoms with van der Waals surface area (Å²) in [6, 6.07) is 23.0. The first-order valence-electron chi connectivity index (χ1n) is 15.4. The molecule has 1 atom stereocenters. The second kappa shape index (κ2) is 13.8. The first-order valence-corrected chi connectivity index (χ1v) is 16.9. The Morgan fingerprint density at radius 1 is 0.918 bits per heavy atom. The third-order valence-electron chi connectivity index (χ3n) is 7.96. The lowest BCUT2D eigenvalue weighted by Crippen LogP contribution is -2.49. The second-order valence-electron chi connectivity index (χ2n) is 12.6. The molecule has 0 spiro atoms. The minimum Gasteiger partial charge on any atom is -0.344 e. The van der Waals surface area contributed by atoms with Gasteiger partial charge in [-0.1, -0.05) is 60.7 Å². The van der Waals surface area contributed by atoms with Crippen LogP contribution < -0.4 is 20.7 Å². The fourth-order valence-corrected chi connectivity index (χ4v) is 6.85. The van der Waals surface area contributed by atoms with E-state index < -0.39 is 51.1 Å². The minimum atomic E-state index is -4.58. The lowest BCUT2D eigenvalue weighted by atomic mass is 10.0. The van der Waals surface area contributed by atoms with Gasteiger partial charge in [-0.3, -0.25) is 14.4 Å². The molecule has 256 valence electrons. The van der Waals surface area contributed by atoms with Gasteiger partial charge in [0.2, 0.25) is 11.8 Å². The van der Waals surface area contributed by atoms with Crippen molar-refractivity contribution in [2.75, 3.05) is 4.90 Å². The number of carbonyl (C=O) groups excluding carboxylic acids is 3. The smallest absolute Gasteiger partial charge is 0.344 e. The molecule has 4 N–H and O–H groups in total. The fourth-order valence-electron chi connectivity index (χ4n) is 5.65. The van der Waals surface area contributed by atoms with Gasteiger partial charge in [-0.05, 0) is 79.8 Å². The maximum atomic E-state index is 13.9. The van der Waals surface area contributed by atoms with Crippen molar-refractivity contribution >= 4 is 33.4 Å². The SMILES string of the molecule is CC(C)(N)CC(=O)N[C@@H]1CCc2cc(C(F)(F)F)ccc2N(Cc2ccc(-c3ccccc3S(=O)(=O)NC(=O)c3ccccc3)cc2)C1=O. The number of nitrogens with two attached hydrogens (primary N) is 1. The van der Waals surface area contributed by atoms with Crippen LogP contribution in [0.3, 0.4) is 0 Å². The molecule has 0 unspecified atom stereocenters. The number of nitrogens with zero attached hydrogens (tertiary/aromatic N) is 1. The van der Waals surface area contributed by atoms with Crippen LogP contribution in [-0.2, 0) is 38.8 Å². The number of hydrogen-bond acceptors (Lipinski definition) is 6. The van der Waals surface area contributed by atoms with Gasteiger partial charge in [0.15, 0.2) is 0 Å². The first-order chi connectivity index (χ1) is 23.0. The van der Waals surface area contributed by atoms with Gasteiger partial charge in [-0.25, -0.2) is 13.1 Å². The van der Waals surface area contributed by atoms with Gasteiger partial charge < -0.3 is 16.0 Å². The van der Waals surface area contributed by atoms with Crippen molar-refractivity contribution in [1.29, 1.82) is 0 Å². The Balaban J connectivity index is 1.43. The molecule has 3 amide bonds. The molecule has 0 aliphatic carbocycles. The zero-order valence-corrected chi connectivity index (χ0v) is 27.6. The zero-order valence-electron chi connectivity index (χ0n) is 26.8. The summed E-state index contributed by atoms with van der Waals surface area (Å²) in [6.07, 6.45) is -4.44. The van der Waals surface area contributed by atoms with Crippen LogP contribution in [0, 0.1) is 0 Å².